The van der Waals surface area contributed by atoms with Gasteiger partial charge in [-0.3, -0.25) is 14.6 Å². The van der Waals surface area contributed by atoms with Crippen LogP contribution in [0.3, 0.4) is 0 Å². The second-order valence-corrected chi connectivity index (χ2v) is 4.63. The molecule has 0 radical (unpaired) electrons. The predicted octanol–water partition coefficient (Wildman–Crippen LogP) is 0.621. The Balaban J connectivity index is 2.77. The van der Waals surface area contributed by atoms with Gasteiger partial charge in [0.15, 0.2) is 0 Å². The van der Waals surface area contributed by atoms with Crippen LogP contribution in [0.5, 0.6) is 0 Å². The molecule has 0 aromatic carbocycles. The lowest BCUT2D eigenvalue weighted by atomic mass is 10.1. The molecule has 1 amide bonds. The number of aromatic nitrogens is 1. The van der Waals surface area contributed by atoms with E-state index >= 15 is 0 Å². The van der Waals surface area contributed by atoms with E-state index in [1.165, 1.54) is 0 Å². The van der Waals surface area contributed by atoms with Gasteiger partial charge in [0.05, 0.1) is 12.5 Å². The highest BCUT2D eigenvalue weighted by Gasteiger charge is 2.25. The van der Waals surface area contributed by atoms with E-state index in [-0.39, 0.29) is 18.4 Å². The summed E-state index contributed by atoms with van der Waals surface area (Å²) >= 11 is 0. The number of carbonyl (C=O) groups excluding carboxylic acids is 1. The summed E-state index contributed by atoms with van der Waals surface area (Å²) in [6.45, 7) is 4.10. The third-order valence-electron chi connectivity index (χ3n) is 2.69. The fraction of sp³-hybridized carbons (Fsp3) is 0.462. The number of carboxylic acids is 1. The van der Waals surface area contributed by atoms with Gasteiger partial charge < -0.3 is 15.7 Å². The summed E-state index contributed by atoms with van der Waals surface area (Å²) < 4.78 is 0. The molecule has 0 aliphatic heterocycles. The summed E-state index contributed by atoms with van der Waals surface area (Å²) in [5.41, 5.74) is 6.50. The number of pyridine rings is 1. The van der Waals surface area contributed by atoms with Crippen molar-refractivity contribution in [3.05, 3.63) is 30.1 Å². The third-order valence-corrected chi connectivity index (χ3v) is 2.69. The van der Waals surface area contributed by atoms with Crippen LogP contribution in [-0.2, 0) is 16.1 Å². The first-order chi connectivity index (χ1) is 8.91. The monoisotopic (exact) mass is 265 g/mol. The number of nitrogens with zero attached hydrogens (tertiary/aromatic N) is 2. The molecule has 19 heavy (non-hydrogen) atoms. The fourth-order valence-electron chi connectivity index (χ4n) is 1.69. The van der Waals surface area contributed by atoms with E-state index in [1.807, 2.05) is 19.9 Å². The van der Waals surface area contributed by atoms with Gasteiger partial charge in [0.2, 0.25) is 5.91 Å². The lowest BCUT2D eigenvalue weighted by Gasteiger charge is -2.29. The lowest BCUT2D eigenvalue weighted by Crippen LogP contribution is -2.47. The normalized spacial score (nSPS) is 12.2. The van der Waals surface area contributed by atoms with Crippen molar-refractivity contribution >= 4 is 11.9 Å². The van der Waals surface area contributed by atoms with Crippen molar-refractivity contribution in [2.45, 2.75) is 38.9 Å². The van der Waals surface area contributed by atoms with Gasteiger partial charge in [-0.15, -0.1) is 0 Å². The number of amides is 1. The summed E-state index contributed by atoms with van der Waals surface area (Å²) in [7, 11) is 0. The van der Waals surface area contributed by atoms with E-state index in [0.717, 1.165) is 5.56 Å². The number of hydrogen-bond donors (Lipinski definition) is 2. The van der Waals surface area contributed by atoms with Gasteiger partial charge in [-0.25, -0.2) is 0 Å². The maximum absolute atomic E-state index is 12.1. The van der Waals surface area contributed by atoms with Gasteiger partial charge in [-0.05, 0) is 25.5 Å². The van der Waals surface area contributed by atoms with E-state index < -0.39 is 12.0 Å². The Morgan fingerprint density at radius 3 is 2.63 bits per heavy atom. The average Bonchev–Trinajstić information content (AvgIpc) is 2.35. The van der Waals surface area contributed by atoms with Gasteiger partial charge in [-0.1, -0.05) is 6.07 Å². The molecular formula is C13H19N3O3. The molecule has 0 spiro atoms. The number of hydrogen-bond acceptors (Lipinski definition) is 4. The Labute approximate surface area is 112 Å². The van der Waals surface area contributed by atoms with Crippen LogP contribution in [-0.4, -0.2) is 39.0 Å². The number of rotatable bonds is 6. The molecule has 0 bridgehead atoms. The third kappa shape index (κ3) is 4.67. The van der Waals surface area contributed by atoms with Crippen LogP contribution in [0.2, 0.25) is 0 Å². The van der Waals surface area contributed by atoms with Gasteiger partial charge in [0, 0.05) is 25.0 Å². The van der Waals surface area contributed by atoms with Crippen LogP contribution in [0.15, 0.2) is 24.5 Å². The smallest absolute Gasteiger partial charge is 0.305 e. The summed E-state index contributed by atoms with van der Waals surface area (Å²) in [6.07, 6.45) is 2.96. The standard InChI is InChI=1S/C13H19N3O3/c1-9(2)16(8-10-4-3-5-15-7-10)13(19)11(14)6-12(17)18/h3-5,7,9,11H,6,8,14H2,1-2H3,(H,17,18). The molecule has 0 aliphatic rings. The summed E-state index contributed by atoms with van der Waals surface area (Å²) in [4.78, 5) is 28.3. The molecule has 104 valence electrons. The minimum Gasteiger partial charge on any atom is -0.481 e. The van der Waals surface area contributed by atoms with Crippen molar-refractivity contribution < 1.29 is 14.7 Å². The zero-order chi connectivity index (χ0) is 14.4. The van der Waals surface area contributed by atoms with Crippen LogP contribution >= 0.6 is 0 Å². The number of carboxylic acid groups (broad SMARTS) is 1. The van der Waals surface area contributed by atoms with Crippen molar-refractivity contribution in [3.8, 4) is 0 Å². The van der Waals surface area contributed by atoms with Crippen LogP contribution in [0, 0.1) is 0 Å². The molecule has 6 heteroatoms. The molecule has 1 rings (SSSR count). The Morgan fingerprint density at radius 2 is 2.16 bits per heavy atom. The maximum atomic E-state index is 12.1. The van der Waals surface area contributed by atoms with E-state index in [1.54, 1.807) is 23.4 Å². The molecule has 1 aromatic heterocycles. The second-order valence-electron chi connectivity index (χ2n) is 4.63. The molecule has 1 aromatic rings. The molecule has 1 atom stereocenters. The molecule has 3 N–H and O–H groups in total. The molecule has 0 saturated carbocycles. The highest BCUT2D eigenvalue weighted by atomic mass is 16.4. The van der Waals surface area contributed by atoms with E-state index in [0.29, 0.717) is 6.54 Å². The molecule has 1 heterocycles. The number of carbonyl (C=O) groups is 2. The van der Waals surface area contributed by atoms with Gasteiger partial charge in [0.1, 0.15) is 0 Å². The molecule has 0 fully saturated rings. The van der Waals surface area contributed by atoms with Gasteiger partial charge in [0.25, 0.3) is 0 Å². The number of nitrogens with two attached hydrogens (primary N) is 1. The van der Waals surface area contributed by atoms with Crippen molar-refractivity contribution in [1.29, 1.82) is 0 Å². The Hall–Kier alpha value is -1.95. The predicted molar refractivity (Wildman–Crippen MR) is 70.2 cm³/mol. The zero-order valence-electron chi connectivity index (χ0n) is 11.1. The molecule has 6 nitrogen and oxygen atoms in total. The van der Waals surface area contributed by atoms with E-state index in [9.17, 15) is 9.59 Å². The van der Waals surface area contributed by atoms with Crippen molar-refractivity contribution in [2.24, 2.45) is 5.73 Å². The van der Waals surface area contributed by atoms with Crippen LogP contribution in [0.4, 0.5) is 0 Å². The molecule has 1 unspecified atom stereocenters. The summed E-state index contributed by atoms with van der Waals surface area (Å²) in [6, 6.07) is 2.57. The molecular weight excluding hydrogens is 246 g/mol. The average molecular weight is 265 g/mol. The van der Waals surface area contributed by atoms with E-state index in [4.69, 9.17) is 10.8 Å². The summed E-state index contributed by atoms with van der Waals surface area (Å²) in [5.74, 6) is -1.44. The minimum absolute atomic E-state index is 0.0625. The van der Waals surface area contributed by atoms with Crippen LogP contribution in [0.25, 0.3) is 0 Å². The molecule has 0 saturated heterocycles. The highest BCUT2D eigenvalue weighted by Crippen LogP contribution is 2.09. The van der Waals surface area contributed by atoms with Gasteiger partial charge in [-0.2, -0.15) is 0 Å². The van der Waals surface area contributed by atoms with Crippen molar-refractivity contribution in [1.82, 2.24) is 9.88 Å². The SMILES string of the molecule is CC(C)N(Cc1cccnc1)C(=O)C(N)CC(=O)O. The zero-order valence-corrected chi connectivity index (χ0v) is 11.1. The topological polar surface area (TPSA) is 96.5 Å². The van der Waals surface area contributed by atoms with Gasteiger partial charge >= 0.3 is 5.97 Å². The lowest BCUT2D eigenvalue weighted by molar-refractivity contribution is -0.143. The Bertz CT molecular complexity index is 434. The Kier molecular flexibility index (Phi) is 5.44. The quantitative estimate of drug-likeness (QED) is 0.786. The number of aliphatic carboxylic acids is 1. The first kappa shape index (κ1) is 15.1. The fourth-order valence-corrected chi connectivity index (χ4v) is 1.69. The summed E-state index contributed by atoms with van der Waals surface area (Å²) in [5, 5.41) is 8.68. The maximum Gasteiger partial charge on any atom is 0.305 e. The van der Waals surface area contributed by atoms with Crippen LogP contribution in [0.1, 0.15) is 25.8 Å². The highest BCUT2D eigenvalue weighted by molar-refractivity contribution is 5.86. The Morgan fingerprint density at radius 1 is 1.47 bits per heavy atom. The van der Waals surface area contributed by atoms with Crippen LogP contribution < -0.4 is 5.73 Å². The van der Waals surface area contributed by atoms with Crippen molar-refractivity contribution in [3.63, 3.8) is 0 Å². The molecule has 0 aliphatic carbocycles. The largest absolute Gasteiger partial charge is 0.481 e. The first-order valence-corrected chi connectivity index (χ1v) is 6.08. The second kappa shape index (κ2) is 6.84. The van der Waals surface area contributed by atoms with Crippen molar-refractivity contribution in [2.75, 3.05) is 0 Å². The van der Waals surface area contributed by atoms with E-state index in [2.05, 4.69) is 4.98 Å². The first-order valence-electron chi connectivity index (χ1n) is 6.08. The minimum atomic E-state index is -1.08.